The fraction of sp³-hybridized carbons (Fsp3) is 0.200. The van der Waals surface area contributed by atoms with Gasteiger partial charge in [-0.1, -0.05) is 30.3 Å². The molecule has 0 aliphatic heterocycles. The molecule has 3 nitrogen and oxygen atoms in total. The summed E-state index contributed by atoms with van der Waals surface area (Å²) in [4.78, 5) is 10.2. The van der Waals surface area contributed by atoms with Crippen molar-refractivity contribution in [1.29, 1.82) is 0 Å². The third-order valence-corrected chi connectivity index (χ3v) is 4.60. The maximum Gasteiger partial charge on any atom is 0.107 e. The van der Waals surface area contributed by atoms with Crippen molar-refractivity contribution in [1.82, 2.24) is 15.3 Å². The smallest absolute Gasteiger partial charge is 0.107 e. The minimum absolute atomic E-state index is 0.788. The molecule has 0 unspecified atom stereocenters. The van der Waals surface area contributed by atoms with E-state index >= 15 is 0 Å². The molecule has 20 heavy (non-hydrogen) atoms. The summed E-state index contributed by atoms with van der Waals surface area (Å²) >= 11 is 3.43. The predicted octanol–water partition coefficient (Wildman–Crippen LogP) is 3.86. The first-order valence-corrected chi connectivity index (χ1v) is 8.13. The van der Waals surface area contributed by atoms with Gasteiger partial charge >= 0.3 is 0 Å². The lowest BCUT2D eigenvalue weighted by atomic mass is 10.2. The molecule has 3 aromatic rings. The third-order valence-electron chi connectivity index (χ3n) is 2.84. The van der Waals surface area contributed by atoms with Crippen molar-refractivity contribution < 1.29 is 0 Å². The normalized spacial score (nSPS) is 10.8. The summed E-state index contributed by atoms with van der Waals surface area (Å²) in [5.74, 6) is 0. The highest BCUT2D eigenvalue weighted by molar-refractivity contribution is 7.11. The first-order chi connectivity index (χ1) is 9.81. The van der Waals surface area contributed by atoms with Crippen molar-refractivity contribution in [3.05, 3.63) is 56.8 Å². The van der Waals surface area contributed by atoms with Crippen LogP contribution in [0.3, 0.4) is 0 Å². The molecule has 0 amide bonds. The number of hydrogen-bond donors (Lipinski definition) is 1. The van der Waals surface area contributed by atoms with Gasteiger partial charge in [-0.25, -0.2) is 9.97 Å². The van der Waals surface area contributed by atoms with Crippen LogP contribution in [-0.2, 0) is 13.1 Å². The highest BCUT2D eigenvalue weighted by Gasteiger charge is 2.04. The number of aromatic nitrogens is 2. The van der Waals surface area contributed by atoms with E-state index in [2.05, 4.69) is 39.7 Å². The highest BCUT2D eigenvalue weighted by atomic mass is 32.1. The summed E-state index contributed by atoms with van der Waals surface area (Å²) in [6.45, 7) is 3.67. The van der Waals surface area contributed by atoms with Crippen LogP contribution in [0, 0.1) is 6.92 Å². The monoisotopic (exact) mass is 301 g/mol. The molecule has 2 aromatic heterocycles. The molecule has 0 saturated carbocycles. The molecule has 1 aromatic carbocycles. The molecule has 1 N–H and O–H groups in total. The van der Waals surface area contributed by atoms with Crippen LogP contribution in [0.1, 0.15) is 14.9 Å². The topological polar surface area (TPSA) is 37.8 Å². The Bertz CT molecular complexity index is 673. The van der Waals surface area contributed by atoms with E-state index in [9.17, 15) is 0 Å². The SMILES string of the molecule is Cc1cnc(CNCc2nc(-c3ccccc3)cs2)s1. The Hall–Kier alpha value is -1.56. The van der Waals surface area contributed by atoms with Gasteiger partial charge in [0.1, 0.15) is 10.0 Å². The summed E-state index contributed by atoms with van der Waals surface area (Å²) in [5.41, 5.74) is 2.23. The van der Waals surface area contributed by atoms with Gasteiger partial charge in [0.05, 0.1) is 5.69 Å². The number of aryl methyl sites for hydroxylation is 1. The second-order valence-corrected chi connectivity index (χ2v) is 6.72. The maximum atomic E-state index is 4.66. The number of nitrogens with one attached hydrogen (secondary N) is 1. The van der Waals surface area contributed by atoms with Gasteiger partial charge in [-0.05, 0) is 6.92 Å². The van der Waals surface area contributed by atoms with Crippen molar-refractivity contribution in [2.45, 2.75) is 20.0 Å². The number of benzene rings is 1. The molecular weight excluding hydrogens is 286 g/mol. The van der Waals surface area contributed by atoms with Crippen LogP contribution in [0.2, 0.25) is 0 Å². The van der Waals surface area contributed by atoms with Gasteiger partial charge < -0.3 is 5.32 Å². The summed E-state index contributed by atoms with van der Waals surface area (Å²) in [5, 5.41) is 7.74. The molecule has 0 atom stereocenters. The molecule has 5 heteroatoms. The van der Waals surface area contributed by atoms with Gasteiger partial charge in [0.2, 0.25) is 0 Å². The largest absolute Gasteiger partial charge is 0.304 e. The lowest BCUT2D eigenvalue weighted by Gasteiger charge is -1.99. The minimum atomic E-state index is 0.788. The Balaban J connectivity index is 1.58. The Morgan fingerprint density at radius 3 is 2.65 bits per heavy atom. The van der Waals surface area contributed by atoms with Crippen LogP contribution >= 0.6 is 22.7 Å². The average Bonchev–Trinajstić information content (AvgIpc) is 3.09. The molecule has 0 bridgehead atoms. The van der Waals surface area contributed by atoms with Gasteiger partial charge in [0, 0.05) is 35.1 Å². The van der Waals surface area contributed by atoms with Crippen molar-refractivity contribution in [3.8, 4) is 11.3 Å². The molecule has 0 spiro atoms. The van der Waals surface area contributed by atoms with Gasteiger partial charge in [0.15, 0.2) is 0 Å². The fourth-order valence-corrected chi connectivity index (χ4v) is 3.42. The van der Waals surface area contributed by atoms with E-state index in [0.29, 0.717) is 0 Å². The van der Waals surface area contributed by atoms with Crippen LogP contribution in [0.15, 0.2) is 41.9 Å². The quantitative estimate of drug-likeness (QED) is 0.777. The van der Waals surface area contributed by atoms with Crippen LogP contribution in [0.4, 0.5) is 0 Å². The van der Waals surface area contributed by atoms with Crippen LogP contribution < -0.4 is 5.32 Å². The highest BCUT2D eigenvalue weighted by Crippen LogP contribution is 2.21. The first kappa shape index (κ1) is 13.4. The third kappa shape index (κ3) is 3.30. The number of thiazole rings is 2. The summed E-state index contributed by atoms with van der Waals surface area (Å²) in [7, 11) is 0. The molecule has 2 heterocycles. The average molecular weight is 301 g/mol. The van der Waals surface area contributed by atoms with E-state index < -0.39 is 0 Å². The summed E-state index contributed by atoms with van der Waals surface area (Å²) in [6.07, 6.45) is 1.92. The fourth-order valence-electron chi connectivity index (χ4n) is 1.89. The van der Waals surface area contributed by atoms with E-state index in [-0.39, 0.29) is 0 Å². The van der Waals surface area contributed by atoms with Gasteiger partial charge in [-0.15, -0.1) is 22.7 Å². The van der Waals surface area contributed by atoms with Crippen LogP contribution in [-0.4, -0.2) is 9.97 Å². The predicted molar refractivity (Wildman–Crippen MR) is 84.9 cm³/mol. The zero-order valence-electron chi connectivity index (χ0n) is 11.2. The second kappa shape index (κ2) is 6.26. The van der Waals surface area contributed by atoms with E-state index in [1.54, 1.807) is 22.7 Å². The Morgan fingerprint density at radius 2 is 1.90 bits per heavy atom. The molecule has 0 radical (unpaired) electrons. The molecule has 0 saturated heterocycles. The Labute approximate surface area is 126 Å². The molecule has 0 fully saturated rings. The molecular formula is C15H15N3S2. The second-order valence-electron chi connectivity index (χ2n) is 4.46. The van der Waals surface area contributed by atoms with E-state index in [1.807, 2.05) is 24.4 Å². The summed E-state index contributed by atoms with van der Waals surface area (Å²) in [6, 6.07) is 10.3. The van der Waals surface area contributed by atoms with Crippen molar-refractivity contribution in [3.63, 3.8) is 0 Å². The number of rotatable bonds is 5. The van der Waals surface area contributed by atoms with Crippen LogP contribution in [0.25, 0.3) is 11.3 Å². The lowest BCUT2D eigenvalue weighted by molar-refractivity contribution is 0.687. The van der Waals surface area contributed by atoms with Crippen molar-refractivity contribution in [2.75, 3.05) is 0 Å². The first-order valence-electron chi connectivity index (χ1n) is 6.43. The van der Waals surface area contributed by atoms with Gasteiger partial charge in [-0.2, -0.15) is 0 Å². The Morgan fingerprint density at radius 1 is 1.10 bits per heavy atom. The zero-order valence-corrected chi connectivity index (χ0v) is 12.8. The molecule has 3 rings (SSSR count). The van der Waals surface area contributed by atoms with Gasteiger partial charge in [-0.3, -0.25) is 0 Å². The molecule has 0 aliphatic rings. The minimum Gasteiger partial charge on any atom is -0.304 e. The van der Waals surface area contributed by atoms with E-state index in [0.717, 1.165) is 28.8 Å². The lowest BCUT2D eigenvalue weighted by Crippen LogP contribution is -2.12. The standard InChI is InChI=1S/C15H15N3S2/c1-11-7-17-14(20-11)8-16-9-15-18-13(10-19-15)12-5-3-2-4-6-12/h2-7,10,16H,8-9H2,1H3. The zero-order chi connectivity index (χ0) is 13.8. The number of hydrogen-bond acceptors (Lipinski definition) is 5. The molecule has 0 aliphatic carbocycles. The van der Waals surface area contributed by atoms with E-state index in [4.69, 9.17) is 0 Å². The van der Waals surface area contributed by atoms with E-state index in [1.165, 1.54) is 10.4 Å². The van der Waals surface area contributed by atoms with Gasteiger partial charge in [0.25, 0.3) is 0 Å². The summed E-state index contributed by atoms with van der Waals surface area (Å²) < 4.78 is 0. The molecule has 102 valence electrons. The van der Waals surface area contributed by atoms with Crippen molar-refractivity contribution in [2.24, 2.45) is 0 Å². The number of nitrogens with zero attached hydrogens (tertiary/aromatic N) is 2. The van der Waals surface area contributed by atoms with Crippen molar-refractivity contribution >= 4 is 22.7 Å². The van der Waals surface area contributed by atoms with Crippen LogP contribution in [0.5, 0.6) is 0 Å². The maximum absolute atomic E-state index is 4.66. The Kier molecular flexibility index (Phi) is 4.20.